The van der Waals surface area contributed by atoms with Gasteiger partial charge in [0, 0.05) is 16.8 Å². The predicted octanol–water partition coefficient (Wildman–Crippen LogP) is 2.68. The van der Waals surface area contributed by atoms with E-state index in [9.17, 15) is 4.79 Å². The van der Waals surface area contributed by atoms with Crippen LogP contribution in [0.5, 0.6) is 0 Å². The third-order valence-electron chi connectivity index (χ3n) is 2.27. The van der Waals surface area contributed by atoms with Crippen molar-refractivity contribution in [2.75, 3.05) is 13.6 Å². The highest BCUT2D eigenvalue weighted by atomic mass is 127. The number of hydrogen-bond acceptors (Lipinski definition) is 4. The number of aryl methyl sites for hydroxylation is 1. The molecule has 2 N–H and O–H groups in total. The first-order chi connectivity index (χ1) is 9.30. The fourth-order valence-electron chi connectivity index (χ4n) is 1.51. The summed E-state index contributed by atoms with van der Waals surface area (Å²) in [5.74, 6) is 0.286. The molecule has 0 aliphatic carbocycles. The second-order valence-corrected chi connectivity index (χ2v) is 6.75. The zero-order chi connectivity index (χ0) is 15.2. The van der Waals surface area contributed by atoms with Crippen molar-refractivity contribution < 1.29 is 9.53 Å². The number of esters is 1. The first kappa shape index (κ1) is 20.2. The molecule has 0 spiro atoms. The molecule has 0 radical (unpaired) electrons. The lowest BCUT2D eigenvalue weighted by Crippen LogP contribution is -2.41. The molecule has 1 heterocycles. The molecule has 1 aromatic heterocycles. The van der Waals surface area contributed by atoms with E-state index in [1.807, 2.05) is 20.8 Å². The van der Waals surface area contributed by atoms with E-state index in [1.165, 1.54) is 9.75 Å². The summed E-state index contributed by atoms with van der Waals surface area (Å²) in [5, 5.41) is 6.10. The molecular formula is C14H24IN3O2S. The van der Waals surface area contributed by atoms with Crippen LogP contribution in [0.25, 0.3) is 0 Å². The summed E-state index contributed by atoms with van der Waals surface area (Å²) in [6, 6.07) is 4.16. The number of thiophene rings is 1. The number of nitrogens with one attached hydrogen (secondary N) is 2. The number of carbonyl (C=O) groups is 1. The maximum atomic E-state index is 11.6. The highest BCUT2D eigenvalue weighted by molar-refractivity contribution is 14.0. The topological polar surface area (TPSA) is 62.7 Å². The standard InChI is InChI=1S/C14H23N3O2S.HI/c1-10-6-7-11(20-10)8-16-13(15-5)17-9-12(18)19-14(2,3)4;/h6-7H,8-9H2,1-5H3,(H2,15,16,17);1H. The molecule has 0 fully saturated rings. The SMILES string of the molecule is CN=C(NCC(=O)OC(C)(C)C)NCc1ccc(C)s1.I. The van der Waals surface area contributed by atoms with Crippen LogP contribution in [0.1, 0.15) is 30.5 Å². The lowest BCUT2D eigenvalue weighted by atomic mass is 10.2. The zero-order valence-corrected chi connectivity index (χ0v) is 16.3. The summed E-state index contributed by atoms with van der Waals surface area (Å²) in [4.78, 5) is 18.2. The van der Waals surface area contributed by atoms with Crippen LogP contribution in [0.2, 0.25) is 0 Å². The van der Waals surface area contributed by atoms with Crippen LogP contribution in [0.3, 0.4) is 0 Å². The first-order valence-corrected chi connectivity index (χ1v) is 7.33. The number of rotatable bonds is 4. The molecule has 5 nitrogen and oxygen atoms in total. The summed E-state index contributed by atoms with van der Waals surface area (Å²) in [6.45, 7) is 8.39. The second-order valence-electron chi connectivity index (χ2n) is 5.38. The Morgan fingerprint density at radius 2 is 2.00 bits per heavy atom. The molecule has 0 aliphatic rings. The average molecular weight is 425 g/mol. The molecular weight excluding hydrogens is 401 g/mol. The van der Waals surface area contributed by atoms with E-state index < -0.39 is 5.60 Å². The molecule has 0 amide bonds. The van der Waals surface area contributed by atoms with Crippen molar-refractivity contribution in [1.82, 2.24) is 10.6 Å². The van der Waals surface area contributed by atoms with Crippen molar-refractivity contribution in [3.63, 3.8) is 0 Å². The molecule has 1 aromatic rings. The molecule has 0 aliphatic heterocycles. The minimum atomic E-state index is -0.468. The Bertz CT molecular complexity index is 481. The fraction of sp³-hybridized carbons (Fsp3) is 0.571. The van der Waals surface area contributed by atoms with Gasteiger partial charge in [0.1, 0.15) is 12.1 Å². The maximum Gasteiger partial charge on any atom is 0.325 e. The van der Waals surface area contributed by atoms with Crippen LogP contribution in [0, 0.1) is 6.92 Å². The quantitative estimate of drug-likeness (QED) is 0.337. The van der Waals surface area contributed by atoms with Gasteiger partial charge in [-0.1, -0.05) is 0 Å². The van der Waals surface area contributed by atoms with Crippen molar-refractivity contribution in [3.05, 3.63) is 21.9 Å². The molecule has 21 heavy (non-hydrogen) atoms. The van der Waals surface area contributed by atoms with E-state index in [-0.39, 0.29) is 36.5 Å². The third kappa shape index (κ3) is 8.92. The molecule has 0 atom stereocenters. The van der Waals surface area contributed by atoms with E-state index in [2.05, 4.69) is 34.7 Å². The van der Waals surface area contributed by atoms with E-state index in [1.54, 1.807) is 18.4 Å². The van der Waals surface area contributed by atoms with Gasteiger partial charge in [0.15, 0.2) is 5.96 Å². The van der Waals surface area contributed by atoms with Gasteiger partial charge in [0.05, 0.1) is 6.54 Å². The van der Waals surface area contributed by atoms with Gasteiger partial charge in [-0.3, -0.25) is 9.79 Å². The van der Waals surface area contributed by atoms with Gasteiger partial charge < -0.3 is 15.4 Å². The zero-order valence-electron chi connectivity index (χ0n) is 13.1. The van der Waals surface area contributed by atoms with E-state index in [0.717, 1.165) is 0 Å². The van der Waals surface area contributed by atoms with Gasteiger partial charge in [0.25, 0.3) is 0 Å². The minimum Gasteiger partial charge on any atom is -0.459 e. The molecule has 0 saturated heterocycles. The number of guanidine groups is 1. The van der Waals surface area contributed by atoms with Crippen molar-refractivity contribution in [1.29, 1.82) is 0 Å². The Morgan fingerprint density at radius 1 is 1.33 bits per heavy atom. The largest absolute Gasteiger partial charge is 0.459 e. The highest BCUT2D eigenvalue weighted by Crippen LogP contribution is 2.14. The number of ether oxygens (including phenoxy) is 1. The van der Waals surface area contributed by atoms with Gasteiger partial charge >= 0.3 is 5.97 Å². The van der Waals surface area contributed by atoms with Crippen molar-refractivity contribution >= 4 is 47.2 Å². The smallest absolute Gasteiger partial charge is 0.325 e. The Hall–Kier alpha value is -0.830. The summed E-state index contributed by atoms with van der Waals surface area (Å²) < 4.78 is 5.22. The Labute approximate surface area is 147 Å². The minimum absolute atomic E-state index is 0. The van der Waals surface area contributed by atoms with Crippen molar-refractivity contribution in [3.8, 4) is 0 Å². The lowest BCUT2D eigenvalue weighted by molar-refractivity contribution is -0.153. The molecule has 7 heteroatoms. The Kier molecular flexibility index (Phi) is 8.88. The number of halogens is 1. The molecule has 0 aromatic carbocycles. The molecule has 1 rings (SSSR count). The first-order valence-electron chi connectivity index (χ1n) is 6.52. The number of nitrogens with zero attached hydrogens (tertiary/aromatic N) is 1. The number of carbonyl (C=O) groups excluding carboxylic acids is 1. The van der Waals surface area contributed by atoms with Gasteiger partial charge in [-0.05, 0) is 39.8 Å². The van der Waals surface area contributed by atoms with Crippen LogP contribution in [-0.2, 0) is 16.1 Å². The molecule has 0 saturated carbocycles. The van der Waals surface area contributed by atoms with Gasteiger partial charge in [0.2, 0.25) is 0 Å². The van der Waals surface area contributed by atoms with Gasteiger partial charge in [-0.2, -0.15) is 0 Å². The van der Waals surface area contributed by atoms with Crippen LogP contribution in [0.4, 0.5) is 0 Å². The summed E-state index contributed by atoms with van der Waals surface area (Å²) in [7, 11) is 1.67. The Morgan fingerprint density at radius 3 is 2.48 bits per heavy atom. The Balaban J connectivity index is 0.00000400. The fourth-order valence-corrected chi connectivity index (χ4v) is 2.34. The summed E-state index contributed by atoms with van der Waals surface area (Å²) in [6.07, 6.45) is 0. The van der Waals surface area contributed by atoms with Gasteiger partial charge in [-0.25, -0.2) is 0 Å². The van der Waals surface area contributed by atoms with Crippen molar-refractivity contribution in [2.45, 2.75) is 39.8 Å². The molecule has 120 valence electrons. The summed E-state index contributed by atoms with van der Waals surface area (Å²) in [5.41, 5.74) is -0.468. The average Bonchev–Trinajstić information content (AvgIpc) is 2.73. The maximum absolute atomic E-state index is 11.6. The second kappa shape index (κ2) is 9.24. The van der Waals surface area contributed by atoms with E-state index in [0.29, 0.717) is 12.5 Å². The van der Waals surface area contributed by atoms with E-state index >= 15 is 0 Å². The predicted molar refractivity (Wildman–Crippen MR) is 98.5 cm³/mol. The van der Waals surface area contributed by atoms with Crippen molar-refractivity contribution in [2.24, 2.45) is 4.99 Å². The van der Waals surface area contributed by atoms with Crippen LogP contribution < -0.4 is 10.6 Å². The molecule has 0 bridgehead atoms. The normalized spacial score (nSPS) is 11.6. The monoisotopic (exact) mass is 425 g/mol. The van der Waals surface area contributed by atoms with Gasteiger partial charge in [-0.15, -0.1) is 35.3 Å². The summed E-state index contributed by atoms with van der Waals surface area (Å²) >= 11 is 1.74. The van der Waals surface area contributed by atoms with Crippen LogP contribution in [-0.4, -0.2) is 31.1 Å². The lowest BCUT2D eigenvalue weighted by Gasteiger charge is -2.20. The number of aliphatic imine (C=N–C) groups is 1. The number of hydrogen-bond donors (Lipinski definition) is 2. The third-order valence-corrected chi connectivity index (χ3v) is 3.27. The van der Waals surface area contributed by atoms with E-state index in [4.69, 9.17) is 4.74 Å². The van der Waals surface area contributed by atoms with Crippen LogP contribution in [0.15, 0.2) is 17.1 Å². The molecule has 0 unspecified atom stereocenters. The highest BCUT2D eigenvalue weighted by Gasteiger charge is 2.16. The van der Waals surface area contributed by atoms with Crippen LogP contribution >= 0.6 is 35.3 Å².